The van der Waals surface area contributed by atoms with Gasteiger partial charge in [-0.3, -0.25) is 15.1 Å². The molecule has 2 aromatic rings. The number of nitro groups is 1. The maximum absolute atomic E-state index is 10.9. The Balaban J connectivity index is 2.43. The fraction of sp³-hybridized carbons (Fsp3) is 0. The maximum atomic E-state index is 10.9. The van der Waals surface area contributed by atoms with Gasteiger partial charge in [0.2, 0.25) is 5.82 Å². The number of rotatable bonds is 4. The Labute approximate surface area is 106 Å². The summed E-state index contributed by atoms with van der Waals surface area (Å²) in [7, 11) is 0. The van der Waals surface area contributed by atoms with Crippen molar-refractivity contribution in [3.63, 3.8) is 0 Å². The third-order valence-corrected chi connectivity index (χ3v) is 2.21. The first-order valence-electron chi connectivity index (χ1n) is 5.13. The normalized spacial score (nSPS) is 9.89. The number of aromatic carboxylic acids is 1. The molecular weight excluding hydrogens is 252 g/mol. The number of carbonyl (C=O) groups is 1. The fourth-order valence-electron chi connectivity index (χ4n) is 1.38. The first-order valence-corrected chi connectivity index (χ1v) is 5.13. The van der Waals surface area contributed by atoms with Crippen molar-refractivity contribution in [3.8, 4) is 0 Å². The summed E-state index contributed by atoms with van der Waals surface area (Å²) >= 11 is 0. The van der Waals surface area contributed by atoms with E-state index in [1.54, 1.807) is 18.3 Å². The van der Waals surface area contributed by atoms with E-state index in [0.29, 0.717) is 5.69 Å². The van der Waals surface area contributed by atoms with Gasteiger partial charge in [-0.25, -0.2) is 9.78 Å². The molecule has 0 amide bonds. The topological polar surface area (TPSA) is 118 Å². The minimum absolute atomic E-state index is 0.141. The van der Waals surface area contributed by atoms with Crippen LogP contribution >= 0.6 is 0 Å². The SMILES string of the molecule is O=C(O)c1ccc([N+](=O)[O-])c(Nc2cccnc2)n1. The molecule has 0 atom stereocenters. The van der Waals surface area contributed by atoms with E-state index in [4.69, 9.17) is 5.11 Å². The highest BCUT2D eigenvalue weighted by molar-refractivity contribution is 5.86. The molecule has 0 unspecified atom stereocenters. The number of aromatic nitrogens is 2. The van der Waals surface area contributed by atoms with Crippen molar-refractivity contribution in [2.75, 3.05) is 5.32 Å². The number of hydrogen-bond acceptors (Lipinski definition) is 6. The highest BCUT2D eigenvalue weighted by Gasteiger charge is 2.18. The summed E-state index contributed by atoms with van der Waals surface area (Å²) in [5.74, 6) is -1.40. The Morgan fingerprint density at radius 3 is 2.74 bits per heavy atom. The number of pyridine rings is 2. The summed E-state index contributed by atoms with van der Waals surface area (Å²) in [4.78, 5) is 28.6. The second-order valence-electron chi connectivity index (χ2n) is 3.49. The number of carboxylic acid groups (broad SMARTS) is 1. The standard InChI is InChI=1S/C11H8N4O4/c16-11(17)8-3-4-9(15(18)19)10(14-8)13-7-2-1-5-12-6-7/h1-6H,(H,13,14)(H,16,17). The van der Waals surface area contributed by atoms with Gasteiger partial charge in [0.05, 0.1) is 16.8 Å². The van der Waals surface area contributed by atoms with Gasteiger partial charge in [0.25, 0.3) is 0 Å². The van der Waals surface area contributed by atoms with E-state index in [0.717, 1.165) is 12.1 Å². The summed E-state index contributed by atoms with van der Waals surface area (Å²) in [6.45, 7) is 0. The van der Waals surface area contributed by atoms with Crippen LogP contribution in [0.5, 0.6) is 0 Å². The molecule has 0 radical (unpaired) electrons. The Morgan fingerprint density at radius 2 is 2.16 bits per heavy atom. The molecule has 8 heteroatoms. The lowest BCUT2D eigenvalue weighted by atomic mass is 10.3. The maximum Gasteiger partial charge on any atom is 0.354 e. The molecule has 0 bridgehead atoms. The quantitative estimate of drug-likeness (QED) is 0.635. The molecule has 2 aromatic heterocycles. The van der Waals surface area contributed by atoms with Crippen LogP contribution in [-0.4, -0.2) is 26.0 Å². The van der Waals surface area contributed by atoms with Crippen molar-refractivity contribution in [2.45, 2.75) is 0 Å². The first kappa shape index (κ1) is 12.4. The van der Waals surface area contributed by atoms with E-state index >= 15 is 0 Å². The smallest absolute Gasteiger partial charge is 0.354 e. The number of nitrogens with one attached hydrogen (secondary N) is 1. The van der Waals surface area contributed by atoms with Crippen molar-refractivity contribution >= 4 is 23.2 Å². The van der Waals surface area contributed by atoms with Crippen LogP contribution in [0.2, 0.25) is 0 Å². The Morgan fingerprint density at radius 1 is 1.37 bits per heavy atom. The van der Waals surface area contributed by atoms with E-state index in [1.807, 2.05) is 0 Å². The molecule has 2 heterocycles. The lowest BCUT2D eigenvalue weighted by molar-refractivity contribution is -0.384. The predicted molar refractivity (Wildman–Crippen MR) is 65.4 cm³/mol. The molecular formula is C11H8N4O4. The van der Waals surface area contributed by atoms with Gasteiger partial charge in [-0.15, -0.1) is 0 Å². The summed E-state index contributed by atoms with van der Waals surface area (Å²) < 4.78 is 0. The zero-order chi connectivity index (χ0) is 13.8. The van der Waals surface area contributed by atoms with Crippen molar-refractivity contribution in [1.29, 1.82) is 0 Å². The minimum atomic E-state index is -1.26. The van der Waals surface area contributed by atoms with Crippen molar-refractivity contribution < 1.29 is 14.8 Å². The Hall–Kier alpha value is -3.03. The first-order chi connectivity index (χ1) is 9.08. The molecule has 0 aromatic carbocycles. The molecule has 2 N–H and O–H groups in total. The van der Waals surface area contributed by atoms with Crippen LogP contribution in [0.15, 0.2) is 36.7 Å². The van der Waals surface area contributed by atoms with Gasteiger partial charge in [0.1, 0.15) is 0 Å². The van der Waals surface area contributed by atoms with Gasteiger partial charge in [-0.1, -0.05) is 0 Å². The van der Waals surface area contributed by atoms with E-state index in [2.05, 4.69) is 15.3 Å². The zero-order valence-electron chi connectivity index (χ0n) is 9.48. The van der Waals surface area contributed by atoms with Crippen LogP contribution in [0.1, 0.15) is 10.5 Å². The van der Waals surface area contributed by atoms with Crippen LogP contribution in [0.25, 0.3) is 0 Å². The van der Waals surface area contributed by atoms with Gasteiger partial charge in [0.15, 0.2) is 5.69 Å². The number of hydrogen-bond donors (Lipinski definition) is 2. The predicted octanol–water partition coefficient (Wildman–Crippen LogP) is 1.83. The monoisotopic (exact) mass is 260 g/mol. The molecule has 19 heavy (non-hydrogen) atoms. The summed E-state index contributed by atoms with van der Waals surface area (Å²) in [6.07, 6.45) is 2.99. The molecule has 0 aliphatic heterocycles. The Kier molecular flexibility index (Phi) is 3.33. The number of nitrogens with zero attached hydrogens (tertiary/aromatic N) is 3. The second-order valence-corrected chi connectivity index (χ2v) is 3.49. The molecule has 0 aliphatic carbocycles. The molecule has 8 nitrogen and oxygen atoms in total. The van der Waals surface area contributed by atoms with Crippen LogP contribution < -0.4 is 5.32 Å². The van der Waals surface area contributed by atoms with Crippen LogP contribution in [0, 0.1) is 10.1 Å². The van der Waals surface area contributed by atoms with Gasteiger partial charge >= 0.3 is 11.7 Å². The number of anilines is 2. The molecule has 0 saturated carbocycles. The van der Waals surface area contributed by atoms with E-state index < -0.39 is 10.9 Å². The second kappa shape index (κ2) is 5.08. The van der Waals surface area contributed by atoms with Crippen LogP contribution in [0.4, 0.5) is 17.2 Å². The van der Waals surface area contributed by atoms with Gasteiger partial charge in [-0.2, -0.15) is 0 Å². The van der Waals surface area contributed by atoms with E-state index in [1.165, 1.54) is 6.20 Å². The summed E-state index contributed by atoms with van der Waals surface area (Å²) in [5.41, 5.74) is -0.119. The van der Waals surface area contributed by atoms with Gasteiger partial charge in [0, 0.05) is 12.3 Å². The molecule has 0 fully saturated rings. The zero-order valence-corrected chi connectivity index (χ0v) is 9.48. The third-order valence-electron chi connectivity index (χ3n) is 2.21. The Bertz CT molecular complexity index is 630. The number of carboxylic acids is 1. The van der Waals surface area contributed by atoms with E-state index in [-0.39, 0.29) is 17.2 Å². The average Bonchev–Trinajstić information content (AvgIpc) is 2.39. The van der Waals surface area contributed by atoms with Crippen LogP contribution in [0.3, 0.4) is 0 Å². The van der Waals surface area contributed by atoms with Gasteiger partial charge in [-0.05, 0) is 18.2 Å². The van der Waals surface area contributed by atoms with Crippen LogP contribution in [-0.2, 0) is 0 Å². The van der Waals surface area contributed by atoms with E-state index in [9.17, 15) is 14.9 Å². The fourth-order valence-corrected chi connectivity index (χ4v) is 1.38. The average molecular weight is 260 g/mol. The third kappa shape index (κ3) is 2.80. The van der Waals surface area contributed by atoms with Crippen molar-refractivity contribution in [3.05, 3.63) is 52.5 Å². The largest absolute Gasteiger partial charge is 0.477 e. The van der Waals surface area contributed by atoms with Gasteiger partial charge < -0.3 is 10.4 Å². The molecule has 96 valence electrons. The van der Waals surface area contributed by atoms with Crippen molar-refractivity contribution in [1.82, 2.24) is 9.97 Å². The summed E-state index contributed by atoms with van der Waals surface area (Å²) in [6, 6.07) is 5.44. The lowest BCUT2D eigenvalue weighted by Gasteiger charge is -2.06. The molecule has 0 spiro atoms. The lowest BCUT2D eigenvalue weighted by Crippen LogP contribution is -2.06. The minimum Gasteiger partial charge on any atom is -0.477 e. The highest BCUT2D eigenvalue weighted by Crippen LogP contribution is 2.25. The highest BCUT2D eigenvalue weighted by atomic mass is 16.6. The summed E-state index contributed by atoms with van der Waals surface area (Å²) in [5, 5.41) is 22.4. The van der Waals surface area contributed by atoms with Crippen molar-refractivity contribution in [2.24, 2.45) is 0 Å². The molecule has 2 rings (SSSR count). The molecule has 0 saturated heterocycles. The molecule has 0 aliphatic rings.